The molecule has 1 atom stereocenters. The molecular formula is C17H23N. The molecule has 0 saturated heterocycles. The van der Waals surface area contributed by atoms with Crippen LogP contribution < -0.4 is 5.32 Å². The molecular weight excluding hydrogens is 218 g/mol. The Hall–Kier alpha value is -1.50. The van der Waals surface area contributed by atoms with E-state index >= 15 is 0 Å². The van der Waals surface area contributed by atoms with Crippen LogP contribution in [0.25, 0.3) is 0 Å². The monoisotopic (exact) mass is 241 g/mol. The van der Waals surface area contributed by atoms with Gasteiger partial charge in [0.1, 0.15) is 0 Å². The van der Waals surface area contributed by atoms with E-state index in [-0.39, 0.29) is 5.41 Å². The Morgan fingerprint density at radius 1 is 1.11 bits per heavy atom. The Bertz CT molecular complexity index is 460. The standard InChI is InChI=1S/C17H23N/c1-13-10-15(17(2,3)4)11-14(13)12-18-16-8-6-5-7-9-16/h5-11,13,18H,12H2,1-4H3/t13-/m0/s1. The van der Waals surface area contributed by atoms with Gasteiger partial charge in [-0.15, -0.1) is 0 Å². The molecule has 0 heterocycles. The van der Waals surface area contributed by atoms with E-state index in [0.29, 0.717) is 5.92 Å². The second-order valence-corrected chi connectivity index (χ2v) is 6.10. The van der Waals surface area contributed by atoms with Gasteiger partial charge in [-0.3, -0.25) is 0 Å². The zero-order valence-corrected chi connectivity index (χ0v) is 11.8. The van der Waals surface area contributed by atoms with Crippen molar-refractivity contribution in [1.29, 1.82) is 0 Å². The second-order valence-electron chi connectivity index (χ2n) is 6.10. The van der Waals surface area contributed by atoms with Crippen molar-refractivity contribution in [2.75, 3.05) is 11.9 Å². The summed E-state index contributed by atoms with van der Waals surface area (Å²) in [5, 5.41) is 3.49. The molecule has 0 amide bonds. The first-order chi connectivity index (χ1) is 8.47. The summed E-state index contributed by atoms with van der Waals surface area (Å²) in [5.74, 6) is 0.551. The molecule has 1 aliphatic rings. The molecule has 1 aromatic carbocycles. The summed E-state index contributed by atoms with van der Waals surface area (Å²) in [7, 11) is 0. The number of benzene rings is 1. The van der Waals surface area contributed by atoms with Crippen molar-refractivity contribution in [3.63, 3.8) is 0 Å². The lowest BCUT2D eigenvalue weighted by atomic mass is 9.87. The lowest BCUT2D eigenvalue weighted by molar-refractivity contribution is 0.516. The first-order valence-electron chi connectivity index (χ1n) is 6.68. The van der Waals surface area contributed by atoms with Crippen molar-refractivity contribution < 1.29 is 0 Å². The Morgan fingerprint density at radius 2 is 1.78 bits per heavy atom. The van der Waals surface area contributed by atoms with Crippen molar-refractivity contribution in [3.8, 4) is 0 Å². The van der Waals surface area contributed by atoms with Gasteiger partial charge in [0, 0.05) is 12.2 Å². The highest BCUT2D eigenvalue weighted by atomic mass is 14.9. The number of para-hydroxylation sites is 1. The number of hydrogen-bond donors (Lipinski definition) is 1. The molecule has 0 radical (unpaired) electrons. The van der Waals surface area contributed by atoms with Gasteiger partial charge >= 0.3 is 0 Å². The lowest BCUT2D eigenvalue weighted by Gasteiger charge is -2.18. The lowest BCUT2D eigenvalue weighted by Crippen LogP contribution is -2.08. The van der Waals surface area contributed by atoms with E-state index < -0.39 is 0 Å². The Morgan fingerprint density at radius 3 is 2.33 bits per heavy atom. The van der Waals surface area contributed by atoms with E-state index in [1.54, 1.807) is 0 Å². The molecule has 96 valence electrons. The van der Waals surface area contributed by atoms with Crippen LogP contribution in [0.5, 0.6) is 0 Å². The number of nitrogens with one attached hydrogen (secondary N) is 1. The fourth-order valence-electron chi connectivity index (χ4n) is 2.19. The summed E-state index contributed by atoms with van der Waals surface area (Å²) >= 11 is 0. The topological polar surface area (TPSA) is 12.0 Å². The van der Waals surface area contributed by atoms with Crippen LogP contribution in [0.3, 0.4) is 0 Å². The van der Waals surface area contributed by atoms with Crippen molar-refractivity contribution >= 4 is 5.69 Å². The number of anilines is 1. The van der Waals surface area contributed by atoms with E-state index in [0.717, 1.165) is 6.54 Å². The molecule has 1 aromatic rings. The van der Waals surface area contributed by atoms with Gasteiger partial charge in [0.05, 0.1) is 0 Å². The maximum atomic E-state index is 3.49. The smallest absolute Gasteiger partial charge is 0.0369 e. The minimum absolute atomic E-state index is 0.253. The quantitative estimate of drug-likeness (QED) is 0.812. The minimum atomic E-state index is 0.253. The molecule has 0 bridgehead atoms. The maximum Gasteiger partial charge on any atom is 0.0369 e. The van der Waals surface area contributed by atoms with Crippen LogP contribution in [0.4, 0.5) is 5.69 Å². The SMILES string of the molecule is C[C@H]1C=C(C(C)(C)C)C=C1CNc1ccccc1. The summed E-state index contributed by atoms with van der Waals surface area (Å²) in [6.45, 7) is 10.0. The third kappa shape index (κ3) is 3.04. The van der Waals surface area contributed by atoms with E-state index in [9.17, 15) is 0 Å². The molecule has 1 heteroatoms. The molecule has 0 aliphatic heterocycles. The van der Waals surface area contributed by atoms with Gasteiger partial charge < -0.3 is 5.32 Å². The largest absolute Gasteiger partial charge is 0.381 e. The molecule has 1 aliphatic carbocycles. The maximum absolute atomic E-state index is 3.49. The van der Waals surface area contributed by atoms with Gasteiger partial charge in [-0.25, -0.2) is 0 Å². The number of allylic oxidation sites excluding steroid dienone is 3. The van der Waals surface area contributed by atoms with Crippen LogP contribution in [-0.4, -0.2) is 6.54 Å². The van der Waals surface area contributed by atoms with Crippen molar-refractivity contribution in [2.45, 2.75) is 27.7 Å². The number of hydrogen-bond acceptors (Lipinski definition) is 1. The predicted molar refractivity (Wildman–Crippen MR) is 79.7 cm³/mol. The first kappa shape index (κ1) is 12.9. The van der Waals surface area contributed by atoms with Gasteiger partial charge in [-0.1, -0.05) is 58.0 Å². The zero-order valence-electron chi connectivity index (χ0n) is 11.8. The average molecular weight is 241 g/mol. The van der Waals surface area contributed by atoms with Crippen molar-refractivity contribution in [2.24, 2.45) is 11.3 Å². The fraction of sp³-hybridized carbons (Fsp3) is 0.412. The van der Waals surface area contributed by atoms with Crippen LogP contribution in [0.15, 0.2) is 53.6 Å². The van der Waals surface area contributed by atoms with Gasteiger partial charge in [-0.05, 0) is 34.6 Å². The summed E-state index contributed by atoms with van der Waals surface area (Å²) in [6.07, 6.45) is 4.75. The van der Waals surface area contributed by atoms with Crippen molar-refractivity contribution in [3.05, 3.63) is 53.6 Å². The summed E-state index contributed by atoms with van der Waals surface area (Å²) in [5.41, 5.74) is 4.38. The third-order valence-electron chi connectivity index (χ3n) is 3.49. The molecule has 18 heavy (non-hydrogen) atoms. The normalized spacial score (nSPS) is 19.4. The molecule has 1 N–H and O–H groups in total. The van der Waals surface area contributed by atoms with E-state index in [1.807, 2.05) is 6.07 Å². The van der Waals surface area contributed by atoms with Crippen LogP contribution in [0.2, 0.25) is 0 Å². The zero-order chi connectivity index (χ0) is 13.2. The highest BCUT2D eigenvalue weighted by Gasteiger charge is 2.22. The van der Waals surface area contributed by atoms with Gasteiger partial charge in [0.15, 0.2) is 0 Å². The molecule has 1 nitrogen and oxygen atoms in total. The van der Waals surface area contributed by atoms with E-state index in [2.05, 4.69) is 69.4 Å². The highest BCUT2D eigenvalue weighted by molar-refractivity contribution is 5.46. The summed E-state index contributed by atoms with van der Waals surface area (Å²) in [4.78, 5) is 0. The molecule has 0 aromatic heterocycles. The van der Waals surface area contributed by atoms with Crippen LogP contribution in [0, 0.1) is 11.3 Å². The first-order valence-corrected chi connectivity index (χ1v) is 6.68. The Balaban J connectivity index is 2.00. The van der Waals surface area contributed by atoms with E-state index in [4.69, 9.17) is 0 Å². The van der Waals surface area contributed by atoms with Crippen LogP contribution in [0.1, 0.15) is 27.7 Å². The molecule has 0 saturated carbocycles. The fourth-order valence-corrected chi connectivity index (χ4v) is 2.19. The minimum Gasteiger partial charge on any atom is -0.381 e. The molecule has 0 unspecified atom stereocenters. The highest BCUT2D eigenvalue weighted by Crippen LogP contribution is 2.35. The van der Waals surface area contributed by atoms with E-state index in [1.165, 1.54) is 16.8 Å². The van der Waals surface area contributed by atoms with Gasteiger partial charge in [0.2, 0.25) is 0 Å². The van der Waals surface area contributed by atoms with Crippen LogP contribution >= 0.6 is 0 Å². The average Bonchev–Trinajstić information content (AvgIpc) is 2.69. The van der Waals surface area contributed by atoms with Crippen LogP contribution in [-0.2, 0) is 0 Å². The molecule has 0 spiro atoms. The Labute approximate surface area is 111 Å². The third-order valence-corrected chi connectivity index (χ3v) is 3.49. The summed E-state index contributed by atoms with van der Waals surface area (Å²) < 4.78 is 0. The Kier molecular flexibility index (Phi) is 3.60. The predicted octanol–water partition coefficient (Wildman–Crippen LogP) is 4.65. The van der Waals surface area contributed by atoms with Gasteiger partial charge in [-0.2, -0.15) is 0 Å². The molecule has 0 fully saturated rings. The number of rotatable bonds is 3. The van der Waals surface area contributed by atoms with Crippen molar-refractivity contribution in [1.82, 2.24) is 0 Å². The molecule has 2 rings (SSSR count). The second kappa shape index (κ2) is 5.01. The van der Waals surface area contributed by atoms with Gasteiger partial charge in [0.25, 0.3) is 0 Å². The summed E-state index contributed by atoms with van der Waals surface area (Å²) in [6, 6.07) is 10.4.